The van der Waals surface area contributed by atoms with Gasteiger partial charge in [-0.05, 0) is 26.7 Å². The summed E-state index contributed by atoms with van der Waals surface area (Å²) in [6.07, 6.45) is 1.56. The van der Waals surface area contributed by atoms with E-state index in [0.29, 0.717) is 31.0 Å². The predicted octanol–water partition coefficient (Wildman–Crippen LogP) is 1.30. The highest BCUT2D eigenvalue weighted by atomic mass is 32.2. The van der Waals surface area contributed by atoms with Gasteiger partial charge in [0.2, 0.25) is 10.0 Å². The van der Waals surface area contributed by atoms with Crippen LogP contribution in [0.1, 0.15) is 38.1 Å². The van der Waals surface area contributed by atoms with Crippen LogP contribution in [-0.2, 0) is 16.6 Å². The van der Waals surface area contributed by atoms with Crippen LogP contribution < -0.4 is 0 Å². The standard InChI is InChI=1S/C13H25N3O3S/c1-5-7-15(8-6-2)20(18,19)13-11(3)14-16(9-10-17)12(13)4/h17H,5-10H2,1-4H3. The van der Waals surface area contributed by atoms with Crippen molar-refractivity contribution in [2.45, 2.75) is 52.0 Å². The molecule has 0 radical (unpaired) electrons. The van der Waals surface area contributed by atoms with Gasteiger partial charge in [-0.25, -0.2) is 8.42 Å². The Kier molecular flexibility index (Phi) is 6.16. The molecule has 0 aliphatic heterocycles. The van der Waals surface area contributed by atoms with Gasteiger partial charge in [0.15, 0.2) is 0 Å². The largest absolute Gasteiger partial charge is 0.394 e. The van der Waals surface area contributed by atoms with Crippen LogP contribution in [0.3, 0.4) is 0 Å². The highest BCUT2D eigenvalue weighted by molar-refractivity contribution is 7.89. The van der Waals surface area contributed by atoms with E-state index in [1.54, 1.807) is 18.5 Å². The topological polar surface area (TPSA) is 75.4 Å². The smallest absolute Gasteiger partial charge is 0.246 e. The third-order valence-electron chi connectivity index (χ3n) is 3.17. The molecule has 0 saturated carbocycles. The molecule has 0 fully saturated rings. The van der Waals surface area contributed by atoms with Crippen LogP contribution in [0.25, 0.3) is 0 Å². The molecule has 7 heteroatoms. The van der Waals surface area contributed by atoms with Gasteiger partial charge >= 0.3 is 0 Å². The summed E-state index contributed by atoms with van der Waals surface area (Å²) in [5.74, 6) is 0. The lowest BCUT2D eigenvalue weighted by molar-refractivity contribution is 0.267. The SMILES string of the molecule is CCCN(CCC)S(=O)(=O)c1c(C)nn(CCO)c1C. The molecule has 1 rings (SSSR count). The lowest BCUT2D eigenvalue weighted by atomic mass is 10.4. The van der Waals surface area contributed by atoms with E-state index in [2.05, 4.69) is 5.10 Å². The zero-order chi connectivity index (χ0) is 15.3. The number of hydrogen-bond acceptors (Lipinski definition) is 4. The van der Waals surface area contributed by atoms with Crippen LogP contribution in [0.15, 0.2) is 4.90 Å². The second-order valence-electron chi connectivity index (χ2n) is 4.85. The molecule has 0 saturated heterocycles. The Morgan fingerprint density at radius 3 is 2.20 bits per heavy atom. The van der Waals surface area contributed by atoms with Gasteiger partial charge in [-0.2, -0.15) is 9.40 Å². The van der Waals surface area contributed by atoms with Crippen LogP contribution in [0, 0.1) is 13.8 Å². The first-order valence-electron chi connectivity index (χ1n) is 7.05. The Morgan fingerprint density at radius 1 is 1.20 bits per heavy atom. The number of aliphatic hydroxyl groups is 1. The van der Waals surface area contributed by atoms with Crippen LogP contribution in [-0.4, -0.2) is 47.3 Å². The quantitative estimate of drug-likeness (QED) is 0.785. The second kappa shape index (κ2) is 7.19. The lowest BCUT2D eigenvalue weighted by Crippen LogP contribution is -2.33. The van der Waals surface area contributed by atoms with Crippen LogP contribution >= 0.6 is 0 Å². The Hall–Kier alpha value is -0.920. The van der Waals surface area contributed by atoms with E-state index >= 15 is 0 Å². The van der Waals surface area contributed by atoms with Gasteiger partial charge in [-0.1, -0.05) is 13.8 Å². The van der Waals surface area contributed by atoms with E-state index < -0.39 is 10.0 Å². The lowest BCUT2D eigenvalue weighted by Gasteiger charge is -2.21. The summed E-state index contributed by atoms with van der Waals surface area (Å²) in [7, 11) is -3.52. The molecule has 116 valence electrons. The molecule has 1 aromatic rings. The second-order valence-corrected chi connectivity index (χ2v) is 6.73. The van der Waals surface area contributed by atoms with Crippen LogP contribution in [0.4, 0.5) is 0 Å². The zero-order valence-corrected chi connectivity index (χ0v) is 13.6. The molecule has 0 unspecified atom stereocenters. The fourth-order valence-electron chi connectivity index (χ4n) is 2.35. The predicted molar refractivity (Wildman–Crippen MR) is 78.1 cm³/mol. The number of aryl methyl sites for hydroxylation is 1. The van der Waals surface area contributed by atoms with Crippen molar-refractivity contribution < 1.29 is 13.5 Å². The monoisotopic (exact) mass is 303 g/mol. The summed E-state index contributed by atoms with van der Waals surface area (Å²) in [5.41, 5.74) is 1.09. The van der Waals surface area contributed by atoms with Crippen molar-refractivity contribution in [1.29, 1.82) is 0 Å². The number of aromatic nitrogens is 2. The first-order valence-corrected chi connectivity index (χ1v) is 8.49. The summed E-state index contributed by atoms with van der Waals surface area (Å²) in [6.45, 7) is 8.64. The first kappa shape index (κ1) is 17.1. The van der Waals surface area contributed by atoms with Crippen molar-refractivity contribution in [1.82, 2.24) is 14.1 Å². The van der Waals surface area contributed by atoms with E-state index in [1.807, 2.05) is 13.8 Å². The van der Waals surface area contributed by atoms with Crippen molar-refractivity contribution in [3.63, 3.8) is 0 Å². The van der Waals surface area contributed by atoms with E-state index in [9.17, 15) is 8.42 Å². The molecule has 6 nitrogen and oxygen atoms in total. The average Bonchev–Trinajstić information content (AvgIpc) is 2.65. The number of rotatable bonds is 8. The molecule has 20 heavy (non-hydrogen) atoms. The molecule has 0 atom stereocenters. The average molecular weight is 303 g/mol. The van der Waals surface area contributed by atoms with Gasteiger partial charge in [0, 0.05) is 13.1 Å². The molecule has 1 aromatic heterocycles. The highest BCUT2D eigenvalue weighted by Crippen LogP contribution is 2.23. The van der Waals surface area contributed by atoms with Crippen molar-refractivity contribution in [3.05, 3.63) is 11.4 Å². The fraction of sp³-hybridized carbons (Fsp3) is 0.769. The molecular formula is C13H25N3O3S. The summed E-state index contributed by atoms with van der Waals surface area (Å²) in [6, 6.07) is 0. The Bertz CT molecular complexity index is 531. The molecule has 0 amide bonds. The van der Waals surface area contributed by atoms with Gasteiger partial charge < -0.3 is 5.11 Å². The number of sulfonamides is 1. The van der Waals surface area contributed by atoms with E-state index in [0.717, 1.165) is 12.8 Å². The third-order valence-corrected chi connectivity index (χ3v) is 5.32. The van der Waals surface area contributed by atoms with E-state index in [1.165, 1.54) is 4.31 Å². The molecule has 1 heterocycles. The summed E-state index contributed by atoms with van der Waals surface area (Å²) in [5, 5.41) is 13.2. The zero-order valence-electron chi connectivity index (χ0n) is 12.8. The van der Waals surface area contributed by atoms with Crippen molar-refractivity contribution in [3.8, 4) is 0 Å². The number of nitrogens with zero attached hydrogens (tertiary/aromatic N) is 3. The Labute approximate surface area is 121 Å². The van der Waals surface area contributed by atoms with Gasteiger partial charge in [0.1, 0.15) is 4.90 Å². The van der Waals surface area contributed by atoms with E-state index in [-0.39, 0.29) is 11.5 Å². The molecular weight excluding hydrogens is 278 g/mol. The Balaban J connectivity index is 3.26. The molecule has 0 aliphatic rings. The van der Waals surface area contributed by atoms with Gasteiger partial charge in [-0.15, -0.1) is 0 Å². The van der Waals surface area contributed by atoms with Crippen LogP contribution in [0.5, 0.6) is 0 Å². The Morgan fingerprint density at radius 2 is 1.75 bits per heavy atom. The first-order chi connectivity index (χ1) is 9.39. The third kappa shape index (κ3) is 3.39. The van der Waals surface area contributed by atoms with E-state index in [4.69, 9.17) is 5.11 Å². The molecule has 0 aliphatic carbocycles. The van der Waals surface area contributed by atoms with Gasteiger partial charge in [-0.3, -0.25) is 4.68 Å². The van der Waals surface area contributed by atoms with Gasteiger partial charge in [0.05, 0.1) is 24.5 Å². The normalized spacial score (nSPS) is 12.3. The minimum atomic E-state index is -3.52. The summed E-state index contributed by atoms with van der Waals surface area (Å²) in [4.78, 5) is 0.285. The molecule has 0 spiro atoms. The van der Waals surface area contributed by atoms with Crippen molar-refractivity contribution in [2.75, 3.05) is 19.7 Å². The van der Waals surface area contributed by atoms with Gasteiger partial charge in [0.25, 0.3) is 0 Å². The van der Waals surface area contributed by atoms with Crippen molar-refractivity contribution >= 4 is 10.0 Å². The number of hydrogen-bond donors (Lipinski definition) is 1. The minimum absolute atomic E-state index is 0.0604. The van der Waals surface area contributed by atoms with Crippen LogP contribution in [0.2, 0.25) is 0 Å². The van der Waals surface area contributed by atoms with Crippen molar-refractivity contribution in [2.24, 2.45) is 0 Å². The summed E-state index contributed by atoms with van der Waals surface area (Å²) < 4.78 is 28.6. The molecule has 0 bridgehead atoms. The number of aliphatic hydroxyl groups excluding tert-OH is 1. The minimum Gasteiger partial charge on any atom is -0.394 e. The maximum absolute atomic E-state index is 12.8. The fourth-order valence-corrected chi connectivity index (χ4v) is 4.34. The maximum Gasteiger partial charge on any atom is 0.246 e. The summed E-state index contributed by atoms with van der Waals surface area (Å²) >= 11 is 0. The molecule has 1 N–H and O–H groups in total. The maximum atomic E-state index is 12.8. The molecule has 0 aromatic carbocycles. The highest BCUT2D eigenvalue weighted by Gasteiger charge is 2.29.